The van der Waals surface area contributed by atoms with Gasteiger partial charge in [0.15, 0.2) is 0 Å². The van der Waals surface area contributed by atoms with Crippen molar-refractivity contribution < 1.29 is 1.43 Å². The van der Waals surface area contributed by atoms with Crippen molar-refractivity contribution in [2.75, 3.05) is 0 Å². The van der Waals surface area contributed by atoms with Crippen LogP contribution in [0.25, 0.3) is 0 Å². The van der Waals surface area contributed by atoms with E-state index in [1.165, 1.54) is 57.8 Å². The quantitative estimate of drug-likeness (QED) is 0.289. The van der Waals surface area contributed by atoms with Crippen LogP contribution in [0, 0.1) is 6.42 Å². The Kier molecular flexibility index (Phi) is 19.0. The molecular formula is C12H26Mg. The van der Waals surface area contributed by atoms with Crippen LogP contribution >= 0.6 is 0 Å². The van der Waals surface area contributed by atoms with Crippen molar-refractivity contribution in [3.63, 3.8) is 0 Å². The molecule has 76 valence electrons. The van der Waals surface area contributed by atoms with Crippen molar-refractivity contribution in [1.82, 2.24) is 0 Å². The monoisotopic (exact) mass is 194 g/mol. The van der Waals surface area contributed by atoms with Gasteiger partial charge in [-0.3, -0.25) is 0 Å². The summed E-state index contributed by atoms with van der Waals surface area (Å²) in [6.07, 6.45) is 15.0. The summed E-state index contributed by atoms with van der Waals surface area (Å²) < 4.78 is 0. The third-order valence-corrected chi connectivity index (χ3v) is 2.25. The molecule has 0 radical (unpaired) electrons. The van der Waals surface area contributed by atoms with E-state index in [-0.39, 0.29) is 24.5 Å². The van der Waals surface area contributed by atoms with E-state index in [2.05, 4.69) is 20.3 Å². The van der Waals surface area contributed by atoms with Crippen molar-refractivity contribution in [3.05, 3.63) is 6.42 Å². The molecule has 0 amide bonds. The predicted molar refractivity (Wildman–Crippen MR) is 64.1 cm³/mol. The van der Waals surface area contributed by atoms with Crippen molar-refractivity contribution in [2.45, 2.75) is 71.6 Å². The first kappa shape index (κ1) is 16.2. The third kappa shape index (κ3) is 15.5. The van der Waals surface area contributed by atoms with Crippen LogP contribution in [-0.2, 0) is 0 Å². The molecule has 0 aromatic heterocycles. The van der Waals surface area contributed by atoms with Gasteiger partial charge in [-0.25, -0.2) is 0 Å². The average molecular weight is 195 g/mol. The van der Waals surface area contributed by atoms with Crippen LogP contribution in [0.2, 0.25) is 0 Å². The zero-order valence-electron chi connectivity index (χ0n) is 10.6. The predicted octanol–water partition coefficient (Wildman–Crippen LogP) is 4.47. The first-order chi connectivity index (χ1) is 5.91. The standard InChI is InChI=1S/C12H25.Mg.H/c1-3-5-7-9-11-12-10-8-6-4-2;;/h7H,3-6,8-12H2,1-2H3;;/q-1;+2;-1. The van der Waals surface area contributed by atoms with Gasteiger partial charge in [-0.1, -0.05) is 58.8 Å². The SMILES string of the molecule is CCC[CH-]CCCCCCCC.[H-].[Mg+2]. The average Bonchev–Trinajstić information content (AvgIpc) is 2.10. The minimum absolute atomic E-state index is 0. The summed E-state index contributed by atoms with van der Waals surface area (Å²) in [6.45, 7) is 4.52. The number of unbranched alkanes of at least 4 members (excludes halogenated alkanes) is 9. The first-order valence-corrected chi connectivity index (χ1v) is 5.73. The van der Waals surface area contributed by atoms with Gasteiger partial charge >= 0.3 is 23.1 Å². The summed E-state index contributed by atoms with van der Waals surface area (Å²) in [5, 5.41) is 0. The minimum Gasteiger partial charge on any atom is -1.00 e. The van der Waals surface area contributed by atoms with Gasteiger partial charge in [0.1, 0.15) is 0 Å². The Morgan fingerprint density at radius 2 is 1.38 bits per heavy atom. The molecule has 0 aromatic rings. The van der Waals surface area contributed by atoms with E-state index in [0.717, 1.165) is 0 Å². The Balaban J connectivity index is -0.000000605. The molecule has 13 heavy (non-hydrogen) atoms. The summed E-state index contributed by atoms with van der Waals surface area (Å²) in [6, 6.07) is 0. The van der Waals surface area contributed by atoms with Gasteiger partial charge in [-0.05, 0) is 0 Å². The number of rotatable bonds is 9. The second kappa shape index (κ2) is 15.2. The molecule has 0 fully saturated rings. The van der Waals surface area contributed by atoms with Gasteiger partial charge < -0.3 is 7.85 Å². The maximum absolute atomic E-state index is 2.44. The second-order valence-electron chi connectivity index (χ2n) is 3.63. The first-order valence-electron chi connectivity index (χ1n) is 5.73. The Morgan fingerprint density at radius 3 is 2.00 bits per heavy atom. The molecule has 0 N–H and O–H groups in total. The van der Waals surface area contributed by atoms with Crippen LogP contribution in [0.3, 0.4) is 0 Å². The van der Waals surface area contributed by atoms with Crippen LogP contribution in [0.5, 0.6) is 0 Å². The normalized spacial score (nSPS) is 9.69. The molecule has 0 saturated carbocycles. The van der Waals surface area contributed by atoms with E-state index in [9.17, 15) is 0 Å². The van der Waals surface area contributed by atoms with Crippen LogP contribution in [-0.4, -0.2) is 23.1 Å². The molecule has 0 spiro atoms. The molecule has 1 heteroatoms. The summed E-state index contributed by atoms with van der Waals surface area (Å²) in [4.78, 5) is 0. The second-order valence-corrected chi connectivity index (χ2v) is 3.63. The van der Waals surface area contributed by atoms with Gasteiger partial charge in [-0.2, -0.15) is 12.8 Å². The van der Waals surface area contributed by atoms with Crippen LogP contribution in [0.4, 0.5) is 0 Å². The zero-order valence-corrected chi connectivity index (χ0v) is 11.1. The molecule has 0 rings (SSSR count). The fraction of sp³-hybridized carbons (Fsp3) is 0.917. The summed E-state index contributed by atoms with van der Waals surface area (Å²) in [5.74, 6) is 0. The maximum atomic E-state index is 2.44. The Morgan fingerprint density at radius 1 is 0.769 bits per heavy atom. The van der Waals surface area contributed by atoms with Crippen LogP contribution in [0.15, 0.2) is 0 Å². The summed E-state index contributed by atoms with van der Waals surface area (Å²) >= 11 is 0. The third-order valence-electron chi connectivity index (χ3n) is 2.25. The molecule has 0 nitrogen and oxygen atoms in total. The maximum Gasteiger partial charge on any atom is 2.00 e. The van der Waals surface area contributed by atoms with E-state index in [0.29, 0.717) is 0 Å². The minimum atomic E-state index is 0. The Hall–Kier alpha value is 0.766. The van der Waals surface area contributed by atoms with Gasteiger partial charge in [0, 0.05) is 0 Å². The van der Waals surface area contributed by atoms with Gasteiger partial charge in [0.2, 0.25) is 0 Å². The summed E-state index contributed by atoms with van der Waals surface area (Å²) in [7, 11) is 0. The molecule has 0 heterocycles. The van der Waals surface area contributed by atoms with E-state index in [1.54, 1.807) is 0 Å². The van der Waals surface area contributed by atoms with Crippen molar-refractivity contribution in [2.24, 2.45) is 0 Å². The van der Waals surface area contributed by atoms with Gasteiger partial charge in [-0.15, -0.1) is 0 Å². The Labute approximate surface area is 103 Å². The molecule has 0 atom stereocenters. The molecule has 0 unspecified atom stereocenters. The van der Waals surface area contributed by atoms with Gasteiger partial charge in [0.25, 0.3) is 0 Å². The van der Waals surface area contributed by atoms with E-state index < -0.39 is 0 Å². The van der Waals surface area contributed by atoms with E-state index in [1.807, 2.05) is 0 Å². The zero-order chi connectivity index (χ0) is 9.07. The van der Waals surface area contributed by atoms with Crippen molar-refractivity contribution in [1.29, 1.82) is 0 Å². The smallest absolute Gasteiger partial charge is 1.00 e. The van der Waals surface area contributed by atoms with Crippen molar-refractivity contribution in [3.8, 4) is 0 Å². The van der Waals surface area contributed by atoms with Gasteiger partial charge in [0.05, 0.1) is 0 Å². The number of hydrogen-bond donors (Lipinski definition) is 0. The molecular weight excluding hydrogens is 168 g/mol. The molecule has 0 aliphatic carbocycles. The molecule has 0 aromatic carbocycles. The van der Waals surface area contributed by atoms with Crippen LogP contribution in [0.1, 0.15) is 73.1 Å². The fourth-order valence-electron chi connectivity index (χ4n) is 1.42. The molecule has 0 bridgehead atoms. The van der Waals surface area contributed by atoms with E-state index >= 15 is 0 Å². The van der Waals surface area contributed by atoms with E-state index in [4.69, 9.17) is 0 Å². The van der Waals surface area contributed by atoms with Crippen molar-refractivity contribution >= 4 is 23.1 Å². The largest absolute Gasteiger partial charge is 2.00 e. The molecule has 0 saturated heterocycles. The van der Waals surface area contributed by atoms with Crippen LogP contribution < -0.4 is 0 Å². The fourth-order valence-corrected chi connectivity index (χ4v) is 1.42. The molecule has 0 aliphatic heterocycles. The number of hydrogen-bond acceptors (Lipinski definition) is 0. The topological polar surface area (TPSA) is 0 Å². The molecule has 0 aliphatic rings. The summed E-state index contributed by atoms with van der Waals surface area (Å²) in [5.41, 5.74) is 0. The Bertz CT molecular complexity index is 66.7.